The second-order valence-electron chi connectivity index (χ2n) is 3.71. The molecule has 0 aromatic heterocycles. The van der Waals surface area contributed by atoms with E-state index in [9.17, 15) is 4.79 Å². The molecule has 17 heavy (non-hydrogen) atoms. The third-order valence-corrected chi connectivity index (χ3v) is 2.75. The van der Waals surface area contributed by atoms with Crippen molar-refractivity contribution in [1.82, 2.24) is 0 Å². The Morgan fingerprint density at radius 3 is 2.41 bits per heavy atom. The Bertz CT molecular complexity index is 537. The Morgan fingerprint density at radius 2 is 1.76 bits per heavy atom. The zero-order chi connectivity index (χ0) is 12.3. The van der Waals surface area contributed by atoms with Crippen LogP contribution in [0.2, 0.25) is 5.02 Å². The van der Waals surface area contributed by atoms with E-state index in [0.717, 1.165) is 5.69 Å². The van der Waals surface area contributed by atoms with Gasteiger partial charge in [0.2, 0.25) is 0 Å². The SMILES string of the molecule is CC(=O)c1cccc(Cl)c1Nc1ccccc1. The summed E-state index contributed by atoms with van der Waals surface area (Å²) in [5.74, 6) is -0.00840. The van der Waals surface area contributed by atoms with Crippen molar-refractivity contribution in [3.8, 4) is 0 Å². The number of rotatable bonds is 3. The van der Waals surface area contributed by atoms with Gasteiger partial charge in [0.05, 0.1) is 10.7 Å². The molecule has 0 saturated carbocycles. The summed E-state index contributed by atoms with van der Waals surface area (Å²) in [6.07, 6.45) is 0. The molecule has 86 valence electrons. The summed E-state index contributed by atoms with van der Waals surface area (Å²) in [7, 11) is 0. The van der Waals surface area contributed by atoms with Crippen molar-refractivity contribution in [1.29, 1.82) is 0 Å². The van der Waals surface area contributed by atoms with Gasteiger partial charge < -0.3 is 5.32 Å². The highest BCUT2D eigenvalue weighted by Gasteiger charge is 2.10. The zero-order valence-electron chi connectivity index (χ0n) is 9.41. The Balaban J connectivity index is 2.41. The van der Waals surface area contributed by atoms with E-state index in [0.29, 0.717) is 16.3 Å². The maximum atomic E-state index is 11.5. The first-order chi connectivity index (χ1) is 8.18. The summed E-state index contributed by atoms with van der Waals surface area (Å²) < 4.78 is 0. The highest BCUT2D eigenvalue weighted by atomic mass is 35.5. The van der Waals surface area contributed by atoms with Gasteiger partial charge in [-0.15, -0.1) is 0 Å². The van der Waals surface area contributed by atoms with Crippen molar-refractivity contribution in [2.75, 3.05) is 5.32 Å². The van der Waals surface area contributed by atoms with Gasteiger partial charge in [0.25, 0.3) is 0 Å². The molecule has 1 N–H and O–H groups in total. The van der Waals surface area contributed by atoms with Crippen LogP contribution in [0, 0.1) is 0 Å². The quantitative estimate of drug-likeness (QED) is 0.818. The predicted molar refractivity (Wildman–Crippen MR) is 71.2 cm³/mol. The van der Waals surface area contributed by atoms with Crippen LogP contribution in [0.15, 0.2) is 48.5 Å². The van der Waals surface area contributed by atoms with Gasteiger partial charge in [-0.05, 0) is 31.2 Å². The lowest BCUT2D eigenvalue weighted by Crippen LogP contribution is -2.00. The maximum absolute atomic E-state index is 11.5. The molecule has 0 aliphatic carbocycles. The molecular weight excluding hydrogens is 234 g/mol. The standard InChI is InChI=1S/C14H12ClNO/c1-10(17)12-8-5-9-13(15)14(12)16-11-6-3-2-4-7-11/h2-9,16H,1H3. The van der Waals surface area contributed by atoms with Gasteiger partial charge in [-0.1, -0.05) is 35.9 Å². The molecule has 0 atom stereocenters. The van der Waals surface area contributed by atoms with Crippen molar-refractivity contribution in [2.45, 2.75) is 6.92 Å². The first-order valence-corrected chi connectivity index (χ1v) is 5.68. The monoisotopic (exact) mass is 245 g/mol. The lowest BCUT2D eigenvalue weighted by atomic mass is 10.1. The molecular formula is C14H12ClNO. The summed E-state index contributed by atoms with van der Waals surface area (Å²) in [5.41, 5.74) is 2.16. The second kappa shape index (κ2) is 5.02. The minimum absolute atomic E-state index is 0.00840. The number of halogens is 1. The van der Waals surface area contributed by atoms with E-state index < -0.39 is 0 Å². The number of Topliss-reactive ketones (excluding diaryl/α,β-unsaturated/α-hetero) is 1. The molecule has 0 fully saturated rings. The number of ketones is 1. The van der Waals surface area contributed by atoms with Gasteiger partial charge in [-0.2, -0.15) is 0 Å². The van der Waals surface area contributed by atoms with Crippen molar-refractivity contribution in [2.24, 2.45) is 0 Å². The largest absolute Gasteiger partial charge is 0.354 e. The number of nitrogens with one attached hydrogen (secondary N) is 1. The molecule has 0 aliphatic rings. The van der Waals surface area contributed by atoms with Gasteiger partial charge in [0, 0.05) is 11.3 Å². The molecule has 3 heteroatoms. The number of benzene rings is 2. The average molecular weight is 246 g/mol. The first kappa shape index (κ1) is 11.7. The van der Waals surface area contributed by atoms with E-state index in [2.05, 4.69) is 5.32 Å². The van der Waals surface area contributed by atoms with Crippen molar-refractivity contribution < 1.29 is 4.79 Å². The molecule has 0 bridgehead atoms. The van der Waals surface area contributed by atoms with Gasteiger partial charge in [0.15, 0.2) is 5.78 Å². The molecule has 0 saturated heterocycles. The normalized spacial score (nSPS) is 10.0. The van der Waals surface area contributed by atoms with Crippen molar-refractivity contribution in [3.63, 3.8) is 0 Å². The van der Waals surface area contributed by atoms with E-state index in [4.69, 9.17) is 11.6 Å². The van der Waals surface area contributed by atoms with E-state index in [1.807, 2.05) is 30.3 Å². The smallest absolute Gasteiger partial charge is 0.161 e. The van der Waals surface area contributed by atoms with Gasteiger partial charge in [-0.3, -0.25) is 4.79 Å². The van der Waals surface area contributed by atoms with E-state index in [-0.39, 0.29) is 5.78 Å². The Kier molecular flexibility index (Phi) is 3.45. The lowest BCUT2D eigenvalue weighted by molar-refractivity contribution is 0.101. The van der Waals surface area contributed by atoms with E-state index in [1.54, 1.807) is 18.2 Å². The van der Waals surface area contributed by atoms with Crippen molar-refractivity contribution in [3.05, 3.63) is 59.1 Å². The van der Waals surface area contributed by atoms with Crippen LogP contribution in [0.3, 0.4) is 0 Å². The summed E-state index contributed by atoms with van der Waals surface area (Å²) in [4.78, 5) is 11.5. The average Bonchev–Trinajstić information content (AvgIpc) is 2.33. The van der Waals surface area contributed by atoms with E-state index >= 15 is 0 Å². The van der Waals surface area contributed by atoms with Gasteiger partial charge >= 0.3 is 0 Å². The molecule has 2 rings (SSSR count). The Hall–Kier alpha value is -1.80. The summed E-state index contributed by atoms with van der Waals surface area (Å²) >= 11 is 6.11. The summed E-state index contributed by atoms with van der Waals surface area (Å²) in [6, 6.07) is 14.9. The highest BCUT2D eigenvalue weighted by molar-refractivity contribution is 6.34. The molecule has 0 unspecified atom stereocenters. The van der Waals surface area contributed by atoms with Crippen LogP contribution in [0.25, 0.3) is 0 Å². The number of anilines is 2. The number of carbonyl (C=O) groups excluding carboxylic acids is 1. The summed E-state index contributed by atoms with van der Waals surface area (Å²) in [5, 5.41) is 3.71. The molecule has 2 nitrogen and oxygen atoms in total. The fourth-order valence-electron chi connectivity index (χ4n) is 1.61. The fraction of sp³-hybridized carbons (Fsp3) is 0.0714. The van der Waals surface area contributed by atoms with Gasteiger partial charge in [-0.25, -0.2) is 0 Å². The van der Waals surface area contributed by atoms with Crippen molar-refractivity contribution >= 4 is 28.8 Å². The number of hydrogen-bond donors (Lipinski definition) is 1. The van der Waals surface area contributed by atoms with Crippen LogP contribution in [-0.2, 0) is 0 Å². The van der Waals surface area contributed by atoms with Crippen LogP contribution in [0.1, 0.15) is 17.3 Å². The number of para-hydroxylation sites is 2. The summed E-state index contributed by atoms with van der Waals surface area (Å²) in [6.45, 7) is 1.53. The number of hydrogen-bond acceptors (Lipinski definition) is 2. The number of carbonyl (C=O) groups is 1. The zero-order valence-corrected chi connectivity index (χ0v) is 10.2. The van der Waals surface area contributed by atoms with Crippen LogP contribution in [0.5, 0.6) is 0 Å². The third kappa shape index (κ3) is 2.66. The molecule has 0 spiro atoms. The Labute approximate surface area is 105 Å². The minimum atomic E-state index is -0.00840. The fourth-order valence-corrected chi connectivity index (χ4v) is 1.83. The molecule has 0 amide bonds. The molecule has 2 aromatic rings. The van der Waals surface area contributed by atoms with Gasteiger partial charge in [0.1, 0.15) is 0 Å². The first-order valence-electron chi connectivity index (χ1n) is 5.30. The molecule has 0 radical (unpaired) electrons. The second-order valence-corrected chi connectivity index (χ2v) is 4.12. The lowest BCUT2D eigenvalue weighted by Gasteiger charge is -2.11. The maximum Gasteiger partial charge on any atom is 0.161 e. The van der Waals surface area contributed by atoms with Crippen LogP contribution in [0.4, 0.5) is 11.4 Å². The topological polar surface area (TPSA) is 29.1 Å². The predicted octanol–water partition coefficient (Wildman–Crippen LogP) is 4.29. The highest BCUT2D eigenvalue weighted by Crippen LogP contribution is 2.29. The van der Waals surface area contributed by atoms with Crippen LogP contribution in [-0.4, -0.2) is 5.78 Å². The molecule has 2 aromatic carbocycles. The van der Waals surface area contributed by atoms with Crippen LogP contribution < -0.4 is 5.32 Å². The van der Waals surface area contributed by atoms with E-state index in [1.165, 1.54) is 6.92 Å². The minimum Gasteiger partial charge on any atom is -0.354 e. The third-order valence-electron chi connectivity index (χ3n) is 2.44. The molecule has 0 heterocycles. The van der Waals surface area contributed by atoms with Crippen LogP contribution >= 0.6 is 11.6 Å². The Morgan fingerprint density at radius 1 is 1.06 bits per heavy atom. The molecule has 0 aliphatic heterocycles.